The highest BCUT2D eigenvalue weighted by molar-refractivity contribution is 9.10. The molecule has 1 N–H and O–H groups in total. The number of nitrogens with one attached hydrogen (secondary N) is 1. The summed E-state index contributed by atoms with van der Waals surface area (Å²) in [5.74, 6) is 0.287. The molecule has 0 aliphatic heterocycles. The summed E-state index contributed by atoms with van der Waals surface area (Å²) in [7, 11) is 0. The molecule has 21 heavy (non-hydrogen) atoms. The lowest BCUT2D eigenvalue weighted by atomic mass is 9.75. The van der Waals surface area contributed by atoms with Gasteiger partial charge in [0, 0.05) is 16.6 Å². The average molecular weight is 348 g/mol. The fourth-order valence-corrected chi connectivity index (χ4v) is 3.71. The van der Waals surface area contributed by atoms with E-state index in [-0.39, 0.29) is 5.82 Å². The Morgan fingerprint density at radius 1 is 1.10 bits per heavy atom. The smallest absolute Gasteiger partial charge is 0.126 e. The number of hydrogen-bond acceptors (Lipinski definition) is 1. The first kappa shape index (κ1) is 14.7. The third-order valence-electron chi connectivity index (χ3n) is 4.34. The van der Waals surface area contributed by atoms with Crippen LogP contribution in [-0.2, 0) is 0 Å². The van der Waals surface area contributed by atoms with Crippen molar-refractivity contribution in [1.29, 1.82) is 0 Å². The van der Waals surface area contributed by atoms with E-state index in [1.807, 2.05) is 18.2 Å². The molecular weight excluding hydrogens is 329 g/mol. The van der Waals surface area contributed by atoms with Gasteiger partial charge in [0.05, 0.1) is 0 Å². The van der Waals surface area contributed by atoms with E-state index in [0.717, 1.165) is 22.9 Å². The van der Waals surface area contributed by atoms with Crippen molar-refractivity contribution in [2.24, 2.45) is 0 Å². The minimum atomic E-state index is -0.0696. The van der Waals surface area contributed by atoms with E-state index in [1.165, 1.54) is 5.56 Å². The van der Waals surface area contributed by atoms with Gasteiger partial charge in [-0.2, -0.15) is 0 Å². The second-order valence-corrected chi connectivity index (χ2v) is 6.65. The van der Waals surface area contributed by atoms with E-state index in [1.54, 1.807) is 12.1 Å². The molecule has 1 nitrogen and oxygen atoms in total. The van der Waals surface area contributed by atoms with Crippen LogP contribution < -0.4 is 5.32 Å². The van der Waals surface area contributed by atoms with Gasteiger partial charge in [0.15, 0.2) is 0 Å². The molecule has 1 atom stereocenters. The molecule has 0 spiro atoms. The summed E-state index contributed by atoms with van der Waals surface area (Å²) in [5, 5.41) is 3.64. The molecule has 2 aromatic rings. The predicted octanol–water partition coefficient (Wildman–Crippen LogP) is 5.19. The summed E-state index contributed by atoms with van der Waals surface area (Å²) in [6, 6.07) is 16.2. The monoisotopic (exact) mass is 347 g/mol. The molecule has 1 saturated carbocycles. The molecule has 0 bridgehead atoms. The topological polar surface area (TPSA) is 12.0 Å². The van der Waals surface area contributed by atoms with Gasteiger partial charge in [-0.1, -0.05) is 52.3 Å². The van der Waals surface area contributed by atoms with Crippen molar-refractivity contribution < 1.29 is 4.39 Å². The molecular formula is C18H19BrFN. The predicted molar refractivity (Wildman–Crippen MR) is 87.9 cm³/mol. The third kappa shape index (κ3) is 3.19. The van der Waals surface area contributed by atoms with E-state index in [2.05, 4.69) is 46.4 Å². The second-order valence-electron chi connectivity index (χ2n) is 5.80. The van der Waals surface area contributed by atoms with Crippen molar-refractivity contribution in [2.75, 3.05) is 0 Å². The zero-order chi connectivity index (χ0) is 14.8. The van der Waals surface area contributed by atoms with Crippen LogP contribution in [0.5, 0.6) is 0 Å². The van der Waals surface area contributed by atoms with Crippen molar-refractivity contribution >= 4 is 15.9 Å². The maximum Gasteiger partial charge on any atom is 0.126 e. The third-order valence-corrected chi connectivity index (χ3v) is 5.06. The minimum Gasteiger partial charge on any atom is -0.307 e. The zero-order valence-corrected chi connectivity index (χ0v) is 13.6. The van der Waals surface area contributed by atoms with Crippen molar-refractivity contribution in [3.63, 3.8) is 0 Å². The Bertz CT molecular complexity index is 622. The summed E-state index contributed by atoms with van der Waals surface area (Å²) in [5.41, 5.74) is 2.14. The highest BCUT2D eigenvalue weighted by Gasteiger charge is 2.32. The fourth-order valence-electron chi connectivity index (χ4n) is 3.08. The highest BCUT2D eigenvalue weighted by Crippen LogP contribution is 2.39. The SMILES string of the molecule is CC(NC1CC(c2ccccc2F)C1)c1ccccc1Br. The number of halogens is 2. The summed E-state index contributed by atoms with van der Waals surface area (Å²) in [6.07, 6.45) is 2.02. The van der Waals surface area contributed by atoms with Gasteiger partial charge in [-0.15, -0.1) is 0 Å². The van der Waals surface area contributed by atoms with Crippen LogP contribution in [0.1, 0.15) is 42.9 Å². The van der Waals surface area contributed by atoms with Crippen LogP contribution in [-0.4, -0.2) is 6.04 Å². The minimum absolute atomic E-state index is 0.0696. The highest BCUT2D eigenvalue weighted by atomic mass is 79.9. The summed E-state index contributed by atoms with van der Waals surface area (Å²) in [6.45, 7) is 2.18. The van der Waals surface area contributed by atoms with Crippen molar-refractivity contribution in [2.45, 2.75) is 37.8 Å². The largest absolute Gasteiger partial charge is 0.307 e. The standard InChI is InChI=1S/C18H19BrFN/c1-12(15-6-2-4-8-17(15)19)21-14-10-13(11-14)16-7-3-5-9-18(16)20/h2-9,12-14,21H,10-11H2,1H3. The molecule has 2 aromatic carbocycles. The van der Waals surface area contributed by atoms with Gasteiger partial charge in [-0.05, 0) is 48.9 Å². The van der Waals surface area contributed by atoms with Crippen LogP contribution in [0, 0.1) is 5.82 Å². The first-order valence-corrected chi connectivity index (χ1v) is 8.19. The van der Waals surface area contributed by atoms with Crippen LogP contribution in [0.2, 0.25) is 0 Å². The lowest BCUT2D eigenvalue weighted by Gasteiger charge is -2.38. The van der Waals surface area contributed by atoms with Crippen molar-refractivity contribution in [3.8, 4) is 0 Å². The number of rotatable bonds is 4. The van der Waals surface area contributed by atoms with Gasteiger partial charge in [-0.25, -0.2) is 4.39 Å². The molecule has 1 unspecified atom stereocenters. The summed E-state index contributed by atoms with van der Waals surface area (Å²) < 4.78 is 14.9. The van der Waals surface area contributed by atoms with E-state index in [4.69, 9.17) is 0 Å². The molecule has 3 heteroatoms. The Hall–Kier alpha value is -1.19. The van der Waals surface area contributed by atoms with Gasteiger partial charge >= 0.3 is 0 Å². The summed E-state index contributed by atoms with van der Waals surface area (Å²) in [4.78, 5) is 0. The van der Waals surface area contributed by atoms with Gasteiger partial charge < -0.3 is 5.32 Å². The second kappa shape index (κ2) is 6.29. The maximum atomic E-state index is 13.7. The Morgan fingerprint density at radius 3 is 2.48 bits per heavy atom. The average Bonchev–Trinajstić information content (AvgIpc) is 2.44. The van der Waals surface area contributed by atoms with Gasteiger partial charge in [0.25, 0.3) is 0 Å². The van der Waals surface area contributed by atoms with Crippen LogP contribution in [0.15, 0.2) is 53.0 Å². The van der Waals surface area contributed by atoms with Crippen LogP contribution in [0.4, 0.5) is 4.39 Å². The molecule has 0 amide bonds. The van der Waals surface area contributed by atoms with Crippen molar-refractivity contribution in [1.82, 2.24) is 5.32 Å². The first-order chi connectivity index (χ1) is 10.1. The summed E-state index contributed by atoms with van der Waals surface area (Å²) >= 11 is 3.60. The van der Waals surface area contributed by atoms with E-state index in [0.29, 0.717) is 18.0 Å². The Labute approximate surface area is 133 Å². The van der Waals surface area contributed by atoms with Crippen LogP contribution in [0.3, 0.4) is 0 Å². The van der Waals surface area contributed by atoms with Crippen molar-refractivity contribution in [3.05, 3.63) is 69.9 Å². The van der Waals surface area contributed by atoms with Gasteiger partial charge in [-0.3, -0.25) is 0 Å². The normalized spacial score (nSPS) is 22.6. The van der Waals surface area contributed by atoms with Crippen LogP contribution >= 0.6 is 15.9 Å². The molecule has 0 radical (unpaired) electrons. The Balaban J connectivity index is 1.58. The lowest BCUT2D eigenvalue weighted by molar-refractivity contribution is 0.266. The Kier molecular flexibility index (Phi) is 4.41. The van der Waals surface area contributed by atoms with E-state index in [9.17, 15) is 4.39 Å². The van der Waals surface area contributed by atoms with Gasteiger partial charge in [0.2, 0.25) is 0 Å². The zero-order valence-electron chi connectivity index (χ0n) is 12.0. The molecule has 1 fully saturated rings. The number of benzene rings is 2. The molecule has 0 aromatic heterocycles. The molecule has 0 saturated heterocycles. The lowest BCUT2D eigenvalue weighted by Crippen LogP contribution is -2.41. The fraction of sp³-hybridized carbons (Fsp3) is 0.333. The van der Waals surface area contributed by atoms with Crippen LogP contribution in [0.25, 0.3) is 0 Å². The molecule has 0 heterocycles. The molecule has 1 aliphatic rings. The quantitative estimate of drug-likeness (QED) is 0.802. The van der Waals surface area contributed by atoms with E-state index >= 15 is 0 Å². The molecule has 3 rings (SSSR count). The first-order valence-electron chi connectivity index (χ1n) is 7.40. The van der Waals surface area contributed by atoms with E-state index < -0.39 is 0 Å². The molecule has 1 aliphatic carbocycles. The molecule has 110 valence electrons. The van der Waals surface area contributed by atoms with Gasteiger partial charge in [0.1, 0.15) is 5.82 Å². The number of hydrogen-bond donors (Lipinski definition) is 1. The maximum absolute atomic E-state index is 13.7. The Morgan fingerprint density at radius 2 is 1.76 bits per heavy atom.